The summed E-state index contributed by atoms with van der Waals surface area (Å²) in [4.78, 5) is 2.08. The second-order valence-electron chi connectivity index (χ2n) is 4.60. The van der Waals surface area contributed by atoms with Gasteiger partial charge in [-0.15, -0.1) is 0 Å². The maximum absolute atomic E-state index is 9.15. The number of aliphatic hydroxyl groups excluding tert-OH is 2. The summed E-state index contributed by atoms with van der Waals surface area (Å²) in [5, 5.41) is 30.7. The van der Waals surface area contributed by atoms with Gasteiger partial charge in [0.05, 0.1) is 18.9 Å². The summed E-state index contributed by atoms with van der Waals surface area (Å²) in [5.74, 6) is 0. The Labute approximate surface area is 114 Å². The lowest BCUT2D eigenvalue weighted by Gasteiger charge is -2.37. The Balaban J connectivity index is 2.97. The van der Waals surface area contributed by atoms with Gasteiger partial charge in [-0.05, 0) is 25.8 Å². The third-order valence-electron chi connectivity index (χ3n) is 3.64. The van der Waals surface area contributed by atoms with E-state index in [-0.39, 0.29) is 19.3 Å². The molecule has 0 amide bonds. The first kappa shape index (κ1) is 15.9. The first-order valence-corrected chi connectivity index (χ1v) is 6.69. The van der Waals surface area contributed by atoms with Crippen LogP contribution in [0.15, 0.2) is 28.5 Å². The molecule has 19 heavy (non-hydrogen) atoms. The highest BCUT2D eigenvalue weighted by Crippen LogP contribution is 2.30. The number of rotatable bonds is 5. The molecule has 0 radical (unpaired) electrons. The smallest absolute Gasteiger partial charge is 0.0865 e. The quantitative estimate of drug-likeness (QED) is 0.397. The SMILES string of the molecule is CC=C1CC(N(CCO)CCO)C(=CC)CC1=NO. The molecular weight excluding hydrogens is 244 g/mol. The number of allylic oxidation sites excluding steroid dienone is 2. The fourth-order valence-corrected chi connectivity index (χ4v) is 2.60. The van der Waals surface area contributed by atoms with Crippen molar-refractivity contribution in [3.05, 3.63) is 23.3 Å². The summed E-state index contributed by atoms with van der Waals surface area (Å²) in [6.07, 6.45) is 5.36. The minimum absolute atomic E-state index is 0.0691. The van der Waals surface area contributed by atoms with Crippen LogP contribution in [-0.4, -0.2) is 58.4 Å². The van der Waals surface area contributed by atoms with Crippen LogP contribution in [-0.2, 0) is 0 Å². The number of nitrogens with zero attached hydrogens (tertiary/aromatic N) is 2. The molecule has 3 N–H and O–H groups in total. The molecule has 1 atom stereocenters. The van der Waals surface area contributed by atoms with Gasteiger partial charge in [0.2, 0.25) is 0 Å². The molecule has 1 fully saturated rings. The fourth-order valence-electron chi connectivity index (χ4n) is 2.60. The van der Waals surface area contributed by atoms with Crippen molar-refractivity contribution in [2.24, 2.45) is 5.16 Å². The summed E-state index contributed by atoms with van der Waals surface area (Å²) >= 11 is 0. The third-order valence-corrected chi connectivity index (χ3v) is 3.64. The highest BCUT2D eigenvalue weighted by molar-refractivity contribution is 6.02. The molecule has 5 heteroatoms. The molecule has 1 aliphatic rings. The predicted molar refractivity (Wildman–Crippen MR) is 75.5 cm³/mol. The molecule has 0 spiro atoms. The van der Waals surface area contributed by atoms with Crippen molar-refractivity contribution >= 4 is 5.71 Å². The van der Waals surface area contributed by atoms with E-state index in [1.165, 1.54) is 5.57 Å². The second-order valence-corrected chi connectivity index (χ2v) is 4.60. The number of hydrogen-bond acceptors (Lipinski definition) is 5. The van der Waals surface area contributed by atoms with Gasteiger partial charge in [-0.2, -0.15) is 0 Å². The third kappa shape index (κ3) is 3.89. The van der Waals surface area contributed by atoms with Crippen molar-refractivity contribution in [1.29, 1.82) is 0 Å². The molecule has 0 aromatic carbocycles. The Morgan fingerprint density at radius 3 is 2.26 bits per heavy atom. The Morgan fingerprint density at radius 1 is 1.21 bits per heavy atom. The van der Waals surface area contributed by atoms with E-state index in [0.29, 0.717) is 25.2 Å². The van der Waals surface area contributed by atoms with Crippen molar-refractivity contribution in [3.63, 3.8) is 0 Å². The molecule has 108 valence electrons. The first-order valence-electron chi connectivity index (χ1n) is 6.69. The summed E-state index contributed by atoms with van der Waals surface area (Å²) < 4.78 is 0. The molecule has 1 rings (SSSR count). The first-order chi connectivity index (χ1) is 9.21. The molecule has 1 aliphatic carbocycles. The number of aliphatic hydroxyl groups is 2. The lowest BCUT2D eigenvalue weighted by atomic mass is 9.83. The lowest BCUT2D eigenvalue weighted by molar-refractivity contribution is 0.133. The van der Waals surface area contributed by atoms with Crippen LogP contribution < -0.4 is 0 Å². The Bertz CT molecular complexity index is 369. The van der Waals surface area contributed by atoms with Crippen LogP contribution in [0.5, 0.6) is 0 Å². The van der Waals surface area contributed by atoms with E-state index in [1.807, 2.05) is 26.0 Å². The van der Waals surface area contributed by atoms with Crippen LogP contribution >= 0.6 is 0 Å². The normalized spacial score (nSPS) is 26.8. The molecule has 1 unspecified atom stereocenters. The van der Waals surface area contributed by atoms with Crippen molar-refractivity contribution in [1.82, 2.24) is 4.90 Å². The maximum atomic E-state index is 9.15. The fraction of sp³-hybridized carbons (Fsp3) is 0.643. The zero-order valence-corrected chi connectivity index (χ0v) is 11.7. The highest BCUT2D eigenvalue weighted by atomic mass is 16.4. The molecule has 5 nitrogen and oxygen atoms in total. The van der Waals surface area contributed by atoms with Crippen molar-refractivity contribution in [3.8, 4) is 0 Å². The van der Waals surface area contributed by atoms with E-state index < -0.39 is 0 Å². The van der Waals surface area contributed by atoms with E-state index in [4.69, 9.17) is 15.4 Å². The van der Waals surface area contributed by atoms with Crippen LogP contribution in [0.4, 0.5) is 0 Å². The average Bonchev–Trinajstić information content (AvgIpc) is 2.45. The summed E-state index contributed by atoms with van der Waals surface area (Å²) in [7, 11) is 0. The van der Waals surface area contributed by atoms with Crippen LogP contribution in [0.2, 0.25) is 0 Å². The van der Waals surface area contributed by atoms with Crippen LogP contribution in [0.3, 0.4) is 0 Å². The molecular formula is C14H24N2O3. The van der Waals surface area contributed by atoms with Gasteiger partial charge in [0.15, 0.2) is 0 Å². The van der Waals surface area contributed by atoms with Gasteiger partial charge in [0, 0.05) is 25.6 Å². The van der Waals surface area contributed by atoms with Gasteiger partial charge >= 0.3 is 0 Å². The van der Waals surface area contributed by atoms with Gasteiger partial charge in [-0.3, -0.25) is 4.90 Å². The van der Waals surface area contributed by atoms with E-state index in [2.05, 4.69) is 10.1 Å². The Hall–Kier alpha value is -1.17. The van der Waals surface area contributed by atoms with E-state index in [0.717, 1.165) is 12.0 Å². The maximum Gasteiger partial charge on any atom is 0.0865 e. The minimum Gasteiger partial charge on any atom is -0.411 e. The minimum atomic E-state index is 0.0691. The molecule has 0 aliphatic heterocycles. The standard InChI is InChI=1S/C14H24N2O3/c1-3-11-10-14(16(5-7-17)6-8-18)12(4-2)9-13(11)15-19/h3-4,14,17-19H,5-10H2,1-2H3. The largest absolute Gasteiger partial charge is 0.411 e. The molecule has 0 saturated heterocycles. The Morgan fingerprint density at radius 2 is 1.84 bits per heavy atom. The Kier molecular flexibility index (Phi) is 6.77. The molecule has 0 heterocycles. The van der Waals surface area contributed by atoms with Gasteiger partial charge < -0.3 is 15.4 Å². The van der Waals surface area contributed by atoms with Gasteiger partial charge in [0.25, 0.3) is 0 Å². The van der Waals surface area contributed by atoms with E-state index >= 15 is 0 Å². The van der Waals surface area contributed by atoms with Gasteiger partial charge in [0.1, 0.15) is 0 Å². The zero-order valence-electron chi connectivity index (χ0n) is 11.7. The van der Waals surface area contributed by atoms with E-state index in [1.54, 1.807) is 0 Å². The monoisotopic (exact) mass is 268 g/mol. The van der Waals surface area contributed by atoms with Crippen molar-refractivity contribution < 1.29 is 15.4 Å². The van der Waals surface area contributed by atoms with Crippen LogP contribution in [0, 0.1) is 0 Å². The van der Waals surface area contributed by atoms with Gasteiger partial charge in [-0.25, -0.2) is 0 Å². The second kappa shape index (κ2) is 8.09. The predicted octanol–water partition coefficient (Wildman–Crippen LogP) is 1.16. The van der Waals surface area contributed by atoms with Gasteiger partial charge in [-0.1, -0.05) is 22.9 Å². The lowest BCUT2D eigenvalue weighted by Crippen LogP contribution is -2.43. The highest BCUT2D eigenvalue weighted by Gasteiger charge is 2.29. The average molecular weight is 268 g/mol. The topological polar surface area (TPSA) is 76.3 Å². The summed E-state index contributed by atoms with van der Waals surface area (Å²) in [6.45, 7) is 5.10. The molecule has 1 saturated carbocycles. The zero-order chi connectivity index (χ0) is 14.3. The molecule has 0 aromatic rings. The summed E-state index contributed by atoms with van der Waals surface area (Å²) in [5.41, 5.74) is 2.90. The van der Waals surface area contributed by atoms with Crippen molar-refractivity contribution in [2.75, 3.05) is 26.3 Å². The number of oxime groups is 1. The summed E-state index contributed by atoms with van der Waals surface area (Å²) in [6, 6.07) is 0.154. The molecule has 0 bridgehead atoms. The number of hydrogen-bond donors (Lipinski definition) is 3. The van der Waals surface area contributed by atoms with Crippen molar-refractivity contribution in [2.45, 2.75) is 32.7 Å². The molecule has 0 aromatic heterocycles. The van der Waals surface area contributed by atoms with Crippen LogP contribution in [0.1, 0.15) is 26.7 Å². The van der Waals surface area contributed by atoms with Crippen LogP contribution in [0.25, 0.3) is 0 Å². The van der Waals surface area contributed by atoms with E-state index in [9.17, 15) is 0 Å².